The maximum Gasteiger partial charge on any atom is 0.325 e. The van der Waals surface area contributed by atoms with Gasteiger partial charge in [0, 0.05) is 17.1 Å². The van der Waals surface area contributed by atoms with Gasteiger partial charge >= 0.3 is 5.97 Å². The minimum absolute atomic E-state index is 0.127. The van der Waals surface area contributed by atoms with Crippen LogP contribution in [0.15, 0.2) is 24.3 Å². The van der Waals surface area contributed by atoms with Gasteiger partial charge in [0.25, 0.3) is 0 Å². The van der Waals surface area contributed by atoms with Crippen LogP contribution < -0.4 is 0 Å². The molecule has 1 saturated heterocycles. The maximum atomic E-state index is 11.7. The molecule has 0 bridgehead atoms. The van der Waals surface area contributed by atoms with Crippen LogP contribution in [-0.4, -0.2) is 35.9 Å². The van der Waals surface area contributed by atoms with E-state index in [4.69, 9.17) is 14.2 Å². The maximum absolute atomic E-state index is 11.7. The summed E-state index contributed by atoms with van der Waals surface area (Å²) in [7, 11) is -0.0418. The molecule has 1 aromatic carbocycles. The summed E-state index contributed by atoms with van der Waals surface area (Å²) in [5.41, 5.74) is 1.64. The lowest BCUT2D eigenvalue weighted by Crippen LogP contribution is -2.20. The van der Waals surface area contributed by atoms with Crippen LogP contribution in [0.5, 0.6) is 0 Å². The van der Waals surface area contributed by atoms with Crippen molar-refractivity contribution >= 4 is 16.8 Å². The second-order valence-corrected chi connectivity index (χ2v) is 6.85. The van der Waals surface area contributed by atoms with Gasteiger partial charge in [-0.2, -0.15) is 0 Å². The second kappa shape index (κ2) is 6.25. The van der Waals surface area contributed by atoms with Crippen molar-refractivity contribution in [2.75, 3.05) is 20.0 Å². The molecule has 0 saturated carbocycles. The van der Waals surface area contributed by atoms with Gasteiger partial charge in [0.1, 0.15) is 6.10 Å². The van der Waals surface area contributed by atoms with Crippen LogP contribution in [0.1, 0.15) is 36.3 Å². The summed E-state index contributed by atoms with van der Waals surface area (Å²) in [6.07, 6.45) is 1.36. The van der Waals surface area contributed by atoms with Crippen LogP contribution in [0, 0.1) is 0 Å². The molecule has 0 radical (unpaired) electrons. The van der Waals surface area contributed by atoms with E-state index in [0.717, 1.165) is 5.56 Å². The molecule has 1 aliphatic heterocycles. The van der Waals surface area contributed by atoms with Gasteiger partial charge in [-0.1, -0.05) is 24.3 Å². The highest BCUT2D eigenvalue weighted by Gasteiger charge is 2.33. The van der Waals surface area contributed by atoms with E-state index in [-0.39, 0.29) is 6.10 Å². The first-order valence-electron chi connectivity index (χ1n) is 6.66. The molecule has 116 valence electrons. The van der Waals surface area contributed by atoms with Crippen LogP contribution in [0.3, 0.4) is 0 Å². The zero-order valence-corrected chi connectivity index (χ0v) is 13.4. The molecule has 0 N–H and O–H groups in total. The van der Waals surface area contributed by atoms with Gasteiger partial charge in [0.15, 0.2) is 11.0 Å². The third kappa shape index (κ3) is 3.70. The molecule has 0 spiro atoms. The van der Waals surface area contributed by atoms with E-state index in [9.17, 15) is 9.00 Å². The van der Waals surface area contributed by atoms with Crippen molar-refractivity contribution < 1.29 is 23.2 Å². The Morgan fingerprint density at radius 3 is 2.43 bits per heavy atom. The summed E-state index contributed by atoms with van der Waals surface area (Å²) >= 11 is 0. The largest absolute Gasteiger partial charge is 0.468 e. The van der Waals surface area contributed by atoms with Crippen LogP contribution in [0.4, 0.5) is 0 Å². The fourth-order valence-corrected chi connectivity index (χ4v) is 3.21. The van der Waals surface area contributed by atoms with Crippen molar-refractivity contribution in [1.82, 2.24) is 0 Å². The average Bonchev–Trinajstić information content (AvgIpc) is 2.79. The highest BCUT2D eigenvalue weighted by molar-refractivity contribution is 7.85. The Kier molecular flexibility index (Phi) is 4.81. The lowest BCUT2D eigenvalue weighted by atomic mass is 10.1. The molecule has 0 aliphatic carbocycles. The first kappa shape index (κ1) is 16.1. The number of methoxy groups -OCH3 is 1. The summed E-state index contributed by atoms with van der Waals surface area (Å²) in [6, 6.07) is 7.31. The van der Waals surface area contributed by atoms with Gasteiger partial charge in [-0.05, 0) is 25.0 Å². The third-order valence-corrected chi connectivity index (χ3v) is 4.50. The number of ether oxygens (including phenoxy) is 3. The number of carbonyl (C=O) groups is 1. The van der Waals surface area contributed by atoms with Gasteiger partial charge in [-0.15, -0.1) is 0 Å². The molecule has 1 fully saturated rings. The molecule has 0 amide bonds. The van der Waals surface area contributed by atoms with Gasteiger partial charge in [0.2, 0.25) is 0 Å². The number of rotatable bonds is 4. The van der Waals surface area contributed by atoms with E-state index in [2.05, 4.69) is 0 Å². The topological polar surface area (TPSA) is 61.8 Å². The standard InChI is InChI=1S/C15H20O5S/c1-15(2)19-9-12(20-15)10-5-7-11(8-6-10)13(21(4)17)14(16)18-3/h5-8,12-13H,9H2,1-4H3/t12?,13-,21?/m1/s1. The summed E-state index contributed by atoms with van der Waals surface area (Å²) < 4.78 is 27.8. The molecule has 3 atom stereocenters. The van der Waals surface area contributed by atoms with Gasteiger partial charge in [0.05, 0.1) is 13.7 Å². The molecule has 1 aromatic rings. The predicted octanol–water partition coefficient (Wildman–Crippen LogP) is 2.10. The normalized spacial score (nSPS) is 23.5. The number of hydrogen-bond donors (Lipinski definition) is 0. The Morgan fingerprint density at radius 2 is 2.00 bits per heavy atom. The molecule has 1 aliphatic rings. The number of hydrogen-bond acceptors (Lipinski definition) is 5. The van der Waals surface area contributed by atoms with E-state index in [1.807, 2.05) is 26.0 Å². The predicted molar refractivity (Wildman–Crippen MR) is 79.1 cm³/mol. The van der Waals surface area contributed by atoms with Crippen molar-refractivity contribution in [1.29, 1.82) is 0 Å². The summed E-state index contributed by atoms with van der Waals surface area (Å²) in [6.45, 7) is 4.23. The average molecular weight is 312 g/mol. The van der Waals surface area contributed by atoms with Crippen LogP contribution >= 0.6 is 0 Å². The van der Waals surface area contributed by atoms with E-state index in [1.165, 1.54) is 13.4 Å². The van der Waals surface area contributed by atoms with E-state index in [0.29, 0.717) is 12.2 Å². The van der Waals surface area contributed by atoms with Crippen molar-refractivity contribution in [3.8, 4) is 0 Å². The first-order valence-corrected chi connectivity index (χ1v) is 8.28. The molecule has 0 aromatic heterocycles. The highest BCUT2D eigenvalue weighted by atomic mass is 32.2. The summed E-state index contributed by atoms with van der Waals surface area (Å²) in [4.78, 5) is 11.7. The van der Waals surface area contributed by atoms with Crippen LogP contribution in [-0.2, 0) is 29.8 Å². The molecule has 2 rings (SSSR count). The molecule has 5 nitrogen and oxygen atoms in total. The van der Waals surface area contributed by atoms with E-state index in [1.54, 1.807) is 12.1 Å². The van der Waals surface area contributed by atoms with E-state index < -0.39 is 27.8 Å². The smallest absolute Gasteiger partial charge is 0.325 e. The van der Waals surface area contributed by atoms with Gasteiger partial charge in [-0.25, -0.2) is 0 Å². The Labute approximate surface area is 127 Å². The fraction of sp³-hybridized carbons (Fsp3) is 0.533. The Hall–Kier alpha value is -1.24. The zero-order valence-electron chi connectivity index (χ0n) is 12.6. The summed E-state index contributed by atoms with van der Waals surface area (Å²) in [5, 5.41) is -0.763. The van der Waals surface area contributed by atoms with Crippen molar-refractivity contribution in [2.45, 2.75) is 31.0 Å². The number of benzene rings is 1. The Balaban J connectivity index is 2.18. The van der Waals surface area contributed by atoms with Crippen molar-refractivity contribution in [3.05, 3.63) is 35.4 Å². The molecular formula is C15H20O5S. The Morgan fingerprint density at radius 1 is 1.38 bits per heavy atom. The van der Waals surface area contributed by atoms with Crippen molar-refractivity contribution in [2.24, 2.45) is 0 Å². The minimum atomic E-state index is -1.34. The lowest BCUT2D eigenvalue weighted by Gasteiger charge is -2.18. The van der Waals surface area contributed by atoms with Crippen molar-refractivity contribution in [3.63, 3.8) is 0 Å². The monoisotopic (exact) mass is 312 g/mol. The number of esters is 1. The zero-order chi connectivity index (χ0) is 15.6. The number of carbonyl (C=O) groups excluding carboxylic acids is 1. The van der Waals surface area contributed by atoms with E-state index >= 15 is 0 Å². The van der Waals surface area contributed by atoms with Gasteiger partial charge in [-0.3, -0.25) is 9.00 Å². The SMILES string of the molecule is COC(=O)[C@@H](c1ccc(C2COC(C)(C)O2)cc1)S(C)=O. The molecule has 6 heteroatoms. The van der Waals surface area contributed by atoms with Gasteiger partial charge < -0.3 is 14.2 Å². The van der Waals surface area contributed by atoms with Crippen LogP contribution in [0.25, 0.3) is 0 Å². The molecule has 21 heavy (non-hydrogen) atoms. The minimum Gasteiger partial charge on any atom is -0.468 e. The molecular weight excluding hydrogens is 292 g/mol. The van der Waals surface area contributed by atoms with Crippen LogP contribution in [0.2, 0.25) is 0 Å². The molecule has 2 unspecified atom stereocenters. The quantitative estimate of drug-likeness (QED) is 0.797. The third-order valence-electron chi connectivity index (χ3n) is 3.37. The summed E-state index contributed by atoms with van der Waals surface area (Å²) in [5.74, 6) is -1.08. The fourth-order valence-electron chi connectivity index (χ4n) is 2.31. The lowest BCUT2D eigenvalue weighted by molar-refractivity contribution is -0.140. The molecule has 1 heterocycles. The second-order valence-electron chi connectivity index (χ2n) is 5.39. The highest BCUT2D eigenvalue weighted by Crippen LogP contribution is 2.33. The first-order chi connectivity index (χ1) is 9.84. The Bertz CT molecular complexity index is 537.